The average molecular weight is 694 g/mol. The van der Waals surface area contributed by atoms with Gasteiger partial charge >= 0.3 is 0 Å². The predicted octanol–water partition coefficient (Wildman–Crippen LogP) is 13.1. The molecule has 2 aromatic heterocycles. The lowest BCUT2D eigenvalue weighted by Gasteiger charge is -2.21. The van der Waals surface area contributed by atoms with Crippen LogP contribution in [0.15, 0.2) is 186 Å². The summed E-state index contributed by atoms with van der Waals surface area (Å²) < 4.78 is 6.52. The van der Waals surface area contributed by atoms with E-state index in [0.29, 0.717) is 29.3 Å². The Morgan fingerprint density at radius 2 is 1.07 bits per heavy atom. The van der Waals surface area contributed by atoms with Crippen LogP contribution in [0.1, 0.15) is 18.4 Å². The van der Waals surface area contributed by atoms with Crippen molar-refractivity contribution in [1.82, 2.24) is 15.0 Å². The van der Waals surface area contributed by atoms with Crippen molar-refractivity contribution < 1.29 is 4.42 Å². The summed E-state index contributed by atoms with van der Waals surface area (Å²) in [6, 6.07) is 55.1. The molecule has 9 aromatic rings. The molecule has 2 atom stereocenters. The summed E-state index contributed by atoms with van der Waals surface area (Å²) in [6.07, 6.45) is 8.81. The SMILES string of the molecule is CC1C=CC=CC1c1ccc(-c2nc(-c3ccc(-c4ccccc4)cc3)nc(-c3cccc(-c4cccc5ccc6c7ccccc7oc6c45)c3)n2)cc1. The standard InChI is InChI=1S/C50H35N3O/c1-32-11-5-6-17-41(32)35-23-27-38(28-24-35)49-51-48(37-25-21-34(22-26-37)33-12-3-2-4-13-33)52-50(53-49)40-16-9-15-39(31-40)42-19-10-14-36-29-30-44-43-18-7-8-20-45(43)54-47(44)46(36)42/h2-32,41H,1H3. The van der Waals surface area contributed by atoms with Crippen LogP contribution in [0.3, 0.4) is 0 Å². The molecule has 2 heterocycles. The first-order valence-electron chi connectivity index (χ1n) is 18.5. The van der Waals surface area contributed by atoms with E-state index in [2.05, 4.69) is 171 Å². The molecule has 54 heavy (non-hydrogen) atoms. The van der Waals surface area contributed by atoms with Crippen molar-refractivity contribution in [3.63, 3.8) is 0 Å². The molecule has 1 aliphatic carbocycles. The Labute approximate surface area is 313 Å². The second-order valence-electron chi connectivity index (χ2n) is 14.1. The fourth-order valence-corrected chi connectivity index (χ4v) is 7.81. The largest absolute Gasteiger partial charge is 0.455 e. The fourth-order valence-electron chi connectivity index (χ4n) is 7.81. The Morgan fingerprint density at radius 3 is 1.85 bits per heavy atom. The number of benzene rings is 7. The maximum Gasteiger partial charge on any atom is 0.164 e. The summed E-state index contributed by atoms with van der Waals surface area (Å²) in [5.41, 5.74) is 10.3. The number of furan rings is 1. The Bertz CT molecular complexity index is 2890. The summed E-state index contributed by atoms with van der Waals surface area (Å²) in [5, 5.41) is 4.46. The van der Waals surface area contributed by atoms with E-state index in [0.717, 1.165) is 66.1 Å². The van der Waals surface area contributed by atoms with E-state index in [1.54, 1.807) is 0 Å². The number of fused-ring (bicyclic) bond motifs is 5. The minimum atomic E-state index is 0.342. The minimum absolute atomic E-state index is 0.342. The summed E-state index contributed by atoms with van der Waals surface area (Å²) in [6.45, 7) is 2.26. The summed E-state index contributed by atoms with van der Waals surface area (Å²) in [4.78, 5) is 15.3. The van der Waals surface area contributed by atoms with Crippen LogP contribution in [0.5, 0.6) is 0 Å². The molecule has 1 aliphatic rings. The third-order valence-electron chi connectivity index (χ3n) is 10.7. The van der Waals surface area contributed by atoms with Gasteiger partial charge in [-0.05, 0) is 57.3 Å². The first kappa shape index (κ1) is 31.8. The molecule has 0 radical (unpaired) electrons. The smallest absolute Gasteiger partial charge is 0.164 e. The van der Waals surface area contributed by atoms with E-state index in [1.807, 2.05) is 18.2 Å². The van der Waals surface area contributed by atoms with Crippen LogP contribution < -0.4 is 0 Å². The quantitative estimate of drug-likeness (QED) is 0.174. The van der Waals surface area contributed by atoms with E-state index in [-0.39, 0.29) is 0 Å². The van der Waals surface area contributed by atoms with E-state index in [4.69, 9.17) is 19.4 Å². The Morgan fingerprint density at radius 1 is 0.463 bits per heavy atom. The zero-order valence-electron chi connectivity index (χ0n) is 29.7. The lowest BCUT2D eigenvalue weighted by molar-refractivity contribution is 0.635. The third kappa shape index (κ3) is 5.69. The Hall–Kier alpha value is -6.91. The fraction of sp³-hybridized carbons (Fsp3) is 0.0600. The molecule has 0 amide bonds. The van der Waals surface area contributed by atoms with Gasteiger partial charge in [-0.15, -0.1) is 0 Å². The molecule has 0 saturated carbocycles. The van der Waals surface area contributed by atoms with Crippen molar-refractivity contribution in [2.45, 2.75) is 12.8 Å². The molecule has 0 fully saturated rings. The van der Waals surface area contributed by atoms with Crippen LogP contribution in [0, 0.1) is 5.92 Å². The first-order chi connectivity index (χ1) is 26.7. The molecule has 0 saturated heterocycles. The minimum Gasteiger partial charge on any atom is -0.455 e. The van der Waals surface area contributed by atoms with Gasteiger partial charge in [-0.2, -0.15) is 0 Å². The number of rotatable bonds is 6. The van der Waals surface area contributed by atoms with Gasteiger partial charge < -0.3 is 4.42 Å². The maximum absolute atomic E-state index is 6.52. The predicted molar refractivity (Wildman–Crippen MR) is 222 cm³/mol. The zero-order chi connectivity index (χ0) is 36.0. The molecule has 4 nitrogen and oxygen atoms in total. The van der Waals surface area contributed by atoms with Gasteiger partial charge in [0.25, 0.3) is 0 Å². The second-order valence-corrected chi connectivity index (χ2v) is 14.1. The van der Waals surface area contributed by atoms with Gasteiger partial charge in [0, 0.05) is 38.8 Å². The summed E-state index contributed by atoms with van der Waals surface area (Å²) >= 11 is 0. The van der Waals surface area contributed by atoms with Gasteiger partial charge in [-0.25, -0.2) is 15.0 Å². The van der Waals surface area contributed by atoms with Gasteiger partial charge in [-0.1, -0.05) is 171 Å². The van der Waals surface area contributed by atoms with E-state index >= 15 is 0 Å². The Balaban J connectivity index is 1.10. The Kier molecular flexibility index (Phi) is 7.80. The van der Waals surface area contributed by atoms with Gasteiger partial charge in [0.15, 0.2) is 17.5 Å². The van der Waals surface area contributed by atoms with Gasteiger partial charge in [0.05, 0.1) is 0 Å². The lowest BCUT2D eigenvalue weighted by atomic mass is 9.84. The van der Waals surface area contributed by atoms with Crippen molar-refractivity contribution in [2.24, 2.45) is 5.92 Å². The number of nitrogens with zero attached hydrogens (tertiary/aromatic N) is 3. The molecule has 0 spiro atoms. The topological polar surface area (TPSA) is 51.8 Å². The van der Waals surface area contributed by atoms with E-state index in [1.165, 1.54) is 11.1 Å². The molecule has 0 bridgehead atoms. The molecular formula is C50H35N3O. The van der Waals surface area contributed by atoms with E-state index < -0.39 is 0 Å². The van der Waals surface area contributed by atoms with Crippen molar-refractivity contribution in [3.05, 3.63) is 188 Å². The van der Waals surface area contributed by atoms with E-state index in [9.17, 15) is 0 Å². The number of allylic oxidation sites excluding steroid dienone is 4. The van der Waals surface area contributed by atoms with Crippen LogP contribution in [0.25, 0.3) is 89.1 Å². The lowest BCUT2D eigenvalue weighted by Crippen LogP contribution is -2.07. The molecular weight excluding hydrogens is 659 g/mol. The highest BCUT2D eigenvalue weighted by Crippen LogP contribution is 2.40. The molecule has 4 heteroatoms. The number of aromatic nitrogens is 3. The molecule has 0 aliphatic heterocycles. The zero-order valence-corrected chi connectivity index (χ0v) is 29.7. The molecule has 7 aromatic carbocycles. The first-order valence-corrected chi connectivity index (χ1v) is 18.5. The second kappa shape index (κ2) is 13.3. The van der Waals surface area contributed by atoms with Crippen LogP contribution in [-0.2, 0) is 0 Å². The normalized spacial score (nSPS) is 15.4. The molecule has 10 rings (SSSR count). The number of hydrogen-bond acceptors (Lipinski definition) is 4. The third-order valence-corrected chi connectivity index (χ3v) is 10.7. The molecule has 256 valence electrons. The van der Waals surface area contributed by atoms with Crippen LogP contribution in [-0.4, -0.2) is 15.0 Å². The summed E-state index contributed by atoms with van der Waals surface area (Å²) in [7, 11) is 0. The van der Waals surface area contributed by atoms with Crippen molar-refractivity contribution in [2.75, 3.05) is 0 Å². The molecule has 0 N–H and O–H groups in total. The van der Waals surface area contributed by atoms with Gasteiger partial charge in [0.2, 0.25) is 0 Å². The highest BCUT2D eigenvalue weighted by atomic mass is 16.3. The maximum atomic E-state index is 6.52. The summed E-state index contributed by atoms with van der Waals surface area (Å²) in [5.74, 6) is 2.67. The van der Waals surface area contributed by atoms with Crippen LogP contribution in [0.4, 0.5) is 0 Å². The van der Waals surface area contributed by atoms with Crippen LogP contribution in [0.2, 0.25) is 0 Å². The van der Waals surface area contributed by atoms with Crippen molar-refractivity contribution in [1.29, 1.82) is 0 Å². The van der Waals surface area contributed by atoms with Gasteiger partial charge in [-0.3, -0.25) is 0 Å². The highest BCUT2D eigenvalue weighted by Gasteiger charge is 2.19. The van der Waals surface area contributed by atoms with Gasteiger partial charge in [0.1, 0.15) is 11.2 Å². The average Bonchev–Trinajstić information content (AvgIpc) is 3.63. The molecule has 2 unspecified atom stereocenters. The highest BCUT2D eigenvalue weighted by molar-refractivity contribution is 6.19. The van der Waals surface area contributed by atoms with Crippen LogP contribution >= 0.6 is 0 Å². The number of para-hydroxylation sites is 1. The monoisotopic (exact) mass is 693 g/mol. The number of hydrogen-bond donors (Lipinski definition) is 0. The van der Waals surface area contributed by atoms with Crippen molar-refractivity contribution in [3.8, 4) is 56.4 Å². The van der Waals surface area contributed by atoms with Crippen molar-refractivity contribution >= 4 is 32.7 Å².